The van der Waals surface area contributed by atoms with Gasteiger partial charge in [-0.15, -0.1) is 0 Å². The minimum Gasteiger partial charge on any atom is -0.457 e. The average Bonchev–Trinajstić information content (AvgIpc) is 2.42. The lowest BCUT2D eigenvalue weighted by molar-refractivity contribution is 0.474. The molecule has 0 spiro atoms. The maximum atomic E-state index is 8.98. The van der Waals surface area contributed by atoms with Gasteiger partial charge in [-0.3, -0.25) is 0 Å². The third kappa shape index (κ3) is 3.44. The van der Waals surface area contributed by atoms with E-state index < -0.39 is 0 Å². The van der Waals surface area contributed by atoms with E-state index in [-0.39, 0.29) is 6.04 Å². The molecule has 3 nitrogen and oxygen atoms in total. The summed E-state index contributed by atoms with van der Waals surface area (Å²) in [5.41, 5.74) is 9.46. The molecule has 0 aromatic heterocycles. The molecule has 21 heavy (non-hydrogen) atoms. The highest BCUT2D eigenvalue weighted by Crippen LogP contribution is 2.33. The van der Waals surface area contributed by atoms with E-state index in [9.17, 15) is 0 Å². The molecule has 4 heteroatoms. The fourth-order valence-electron chi connectivity index (χ4n) is 2.23. The first-order chi connectivity index (χ1) is 9.92. The van der Waals surface area contributed by atoms with Gasteiger partial charge in [-0.05, 0) is 61.7 Å². The summed E-state index contributed by atoms with van der Waals surface area (Å²) in [6, 6.07) is 11.5. The van der Waals surface area contributed by atoms with Gasteiger partial charge >= 0.3 is 0 Å². The molecule has 0 saturated heterocycles. The summed E-state index contributed by atoms with van der Waals surface area (Å²) in [4.78, 5) is 0. The first kappa shape index (κ1) is 15.6. The van der Waals surface area contributed by atoms with Gasteiger partial charge in [0.05, 0.1) is 11.6 Å². The number of rotatable bonds is 3. The molecule has 2 aromatic carbocycles. The summed E-state index contributed by atoms with van der Waals surface area (Å²) < 4.78 is 6.90. The maximum absolute atomic E-state index is 8.98. The van der Waals surface area contributed by atoms with Crippen molar-refractivity contribution in [1.82, 2.24) is 0 Å². The van der Waals surface area contributed by atoms with Crippen molar-refractivity contribution in [3.63, 3.8) is 0 Å². The summed E-state index contributed by atoms with van der Waals surface area (Å²) >= 11 is 3.52. The molecule has 0 radical (unpaired) electrons. The number of halogens is 1. The average molecular weight is 345 g/mol. The van der Waals surface area contributed by atoms with Crippen LogP contribution in [0.4, 0.5) is 0 Å². The fraction of sp³-hybridized carbons (Fsp3) is 0.235. The summed E-state index contributed by atoms with van der Waals surface area (Å²) in [6.07, 6.45) is 0. The van der Waals surface area contributed by atoms with Crippen molar-refractivity contribution in [2.24, 2.45) is 5.73 Å². The molecule has 0 aliphatic rings. The molecule has 108 valence electrons. The SMILES string of the molecule is Cc1cc(C#N)cc(C)c1Oc1ccc([C@H](C)N)c(Br)c1. The molecular formula is C17H17BrN2O. The number of ether oxygens (including phenoxy) is 1. The van der Waals surface area contributed by atoms with Crippen LogP contribution in [0.15, 0.2) is 34.8 Å². The number of hydrogen-bond donors (Lipinski definition) is 1. The minimum absolute atomic E-state index is 0.0354. The second kappa shape index (κ2) is 6.30. The van der Waals surface area contributed by atoms with Crippen molar-refractivity contribution in [2.45, 2.75) is 26.8 Å². The monoisotopic (exact) mass is 344 g/mol. The van der Waals surface area contributed by atoms with Gasteiger partial charge in [0.1, 0.15) is 11.5 Å². The topological polar surface area (TPSA) is 59.0 Å². The summed E-state index contributed by atoms with van der Waals surface area (Å²) in [6.45, 7) is 5.82. The van der Waals surface area contributed by atoms with Crippen LogP contribution in [-0.2, 0) is 0 Å². The Morgan fingerprint density at radius 1 is 1.19 bits per heavy atom. The number of nitrogens with zero attached hydrogens (tertiary/aromatic N) is 1. The number of nitriles is 1. The van der Waals surface area contributed by atoms with Gasteiger partial charge in [0.2, 0.25) is 0 Å². The molecule has 0 saturated carbocycles. The predicted molar refractivity (Wildman–Crippen MR) is 87.4 cm³/mol. The van der Waals surface area contributed by atoms with E-state index in [1.807, 2.05) is 51.1 Å². The molecule has 0 fully saturated rings. The Balaban J connectivity index is 2.35. The third-order valence-electron chi connectivity index (χ3n) is 3.27. The van der Waals surface area contributed by atoms with Crippen LogP contribution in [0.5, 0.6) is 11.5 Å². The van der Waals surface area contributed by atoms with Crippen LogP contribution in [0.2, 0.25) is 0 Å². The number of nitrogens with two attached hydrogens (primary N) is 1. The van der Waals surface area contributed by atoms with Crippen molar-refractivity contribution in [2.75, 3.05) is 0 Å². The van der Waals surface area contributed by atoms with E-state index in [0.29, 0.717) is 5.56 Å². The predicted octanol–water partition coefficient (Wildman–Crippen LogP) is 4.75. The van der Waals surface area contributed by atoms with Crippen LogP contribution in [0.25, 0.3) is 0 Å². The van der Waals surface area contributed by atoms with Gasteiger partial charge in [-0.2, -0.15) is 5.26 Å². The van der Waals surface area contributed by atoms with Crippen molar-refractivity contribution < 1.29 is 4.74 Å². The first-order valence-corrected chi connectivity index (χ1v) is 7.46. The van der Waals surface area contributed by atoms with Crippen LogP contribution in [-0.4, -0.2) is 0 Å². The molecular weight excluding hydrogens is 328 g/mol. The molecule has 0 bridgehead atoms. The highest BCUT2D eigenvalue weighted by molar-refractivity contribution is 9.10. The zero-order valence-electron chi connectivity index (χ0n) is 12.3. The van der Waals surface area contributed by atoms with E-state index in [0.717, 1.165) is 32.7 Å². The third-order valence-corrected chi connectivity index (χ3v) is 3.96. The summed E-state index contributed by atoms with van der Waals surface area (Å²) in [5, 5.41) is 8.98. The lowest BCUT2D eigenvalue weighted by atomic mass is 10.1. The largest absolute Gasteiger partial charge is 0.457 e. The zero-order valence-corrected chi connectivity index (χ0v) is 13.9. The highest BCUT2D eigenvalue weighted by Gasteiger charge is 2.10. The number of aryl methyl sites for hydroxylation is 2. The Morgan fingerprint density at radius 3 is 2.29 bits per heavy atom. The van der Waals surface area contributed by atoms with E-state index in [1.54, 1.807) is 0 Å². The molecule has 2 rings (SSSR count). The van der Waals surface area contributed by atoms with E-state index in [1.165, 1.54) is 0 Å². The summed E-state index contributed by atoms with van der Waals surface area (Å²) in [5.74, 6) is 1.52. The Labute approximate surface area is 133 Å². The maximum Gasteiger partial charge on any atom is 0.133 e. The van der Waals surface area contributed by atoms with Crippen molar-refractivity contribution in [3.8, 4) is 17.6 Å². The molecule has 0 amide bonds. The molecule has 2 aromatic rings. The molecule has 2 N–H and O–H groups in total. The quantitative estimate of drug-likeness (QED) is 0.873. The van der Waals surface area contributed by atoms with Crippen molar-refractivity contribution >= 4 is 15.9 Å². The molecule has 0 unspecified atom stereocenters. The Morgan fingerprint density at radius 2 is 1.81 bits per heavy atom. The van der Waals surface area contributed by atoms with Crippen LogP contribution >= 0.6 is 15.9 Å². The second-order valence-electron chi connectivity index (χ2n) is 5.13. The lowest BCUT2D eigenvalue weighted by Gasteiger charge is -2.14. The minimum atomic E-state index is -0.0354. The van der Waals surface area contributed by atoms with Crippen LogP contribution in [0, 0.1) is 25.2 Å². The van der Waals surface area contributed by atoms with E-state index >= 15 is 0 Å². The van der Waals surface area contributed by atoms with E-state index in [4.69, 9.17) is 15.7 Å². The Kier molecular flexibility index (Phi) is 4.66. The zero-order chi connectivity index (χ0) is 15.6. The van der Waals surface area contributed by atoms with Gasteiger partial charge in [0, 0.05) is 10.5 Å². The van der Waals surface area contributed by atoms with Gasteiger partial charge in [-0.25, -0.2) is 0 Å². The molecule has 1 atom stereocenters. The van der Waals surface area contributed by atoms with Crippen molar-refractivity contribution in [3.05, 3.63) is 57.1 Å². The van der Waals surface area contributed by atoms with Crippen LogP contribution in [0.3, 0.4) is 0 Å². The lowest BCUT2D eigenvalue weighted by Crippen LogP contribution is -2.05. The smallest absolute Gasteiger partial charge is 0.133 e. The Hall–Kier alpha value is -1.83. The van der Waals surface area contributed by atoms with Gasteiger partial charge in [0.15, 0.2) is 0 Å². The van der Waals surface area contributed by atoms with Crippen LogP contribution in [0.1, 0.15) is 35.2 Å². The fourth-order valence-corrected chi connectivity index (χ4v) is 2.95. The first-order valence-electron chi connectivity index (χ1n) is 6.66. The van der Waals surface area contributed by atoms with Gasteiger partial charge in [0.25, 0.3) is 0 Å². The van der Waals surface area contributed by atoms with Crippen LogP contribution < -0.4 is 10.5 Å². The normalized spacial score (nSPS) is 11.8. The summed E-state index contributed by atoms with van der Waals surface area (Å²) in [7, 11) is 0. The van der Waals surface area contributed by atoms with Gasteiger partial charge < -0.3 is 10.5 Å². The molecule has 0 heterocycles. The number of benzene rings is 2. The van der Waals surface area contributed by atoms with E-state index in [2.05, 4.69) is 22.0 Å². The standard InChI is InChI=1S/C17H17BrN2O/c1-10-6-13(9-19)7-11(2)17(10)21-14-4-5-15(12(3)20)16(18)8-14/h4-8,12H,20H2,1-3H3/t12-/m0/s1. The van der Waals surface area contributed by atoms with Gasteiger partial charge in [-0.1, -0.05) is 22.0 Å². The number of hydrogen-bond acceptors (Lipinski definition) is 3. The van der Waals surface area contributed by atoms with Crippen molar-refractivity contribution in [1.29, 1.82) is 5.26 Å². The second-order valence-corrected chi connectivity index (χ2v) is 5.98. The Bertz CT molecular complexity index is 694. The highest BCUT2D eigenvalue weighted by atomic mass is 79.9. The molecule has 0 aliphatic carbocycles. The molecule has 0 aliphatic heterocycles.